The Bertz CT molecular complexity index is 1070. The average Bonchev–Trinajstić information content (AvgIpc) is 3.01. The smallest absolute Gasteiger partial charge is 0.277 e. The van der Waals surface area contributed by atoms with Crippen LogP contribution in [0.5, 0.6) is 5.75 Å². The van der Waals surface area contributed by atoms with E-state index in [1.165, 1.54) is 0 Å². The molecule has 3 aromatic rings. The molecule has 0 atom stereocenters. The van der Waals surface area contributed by atoms with Gasteiger partial charge in [0.1, 0.15) is 18.8 Å². The molecule has 1 aromatic carbocycles. The first-order chi connectivity index (χ1) is 13.9. The van der Waals surface area contributed by atoms with Gasteiger partial charge in [-0.05, 0) is 19.1 Å². The molecule has 0 spiro atoms. The number of hydrogen-bond donors (Lipinski definition) is 4. The Labute approximate surface area is 172 Å². The van der Waals surface area contributed by atoms with Crippen LogP contribution in [-0.2, 0) is 19.6 Å². The summed E-state index contributed by atoms with van der Waals surface area (Å²) in [5, 5.41) is 12.3. The van der Waals surface area contributed by atoms with Crippen LogP contribution < -0.4 is 26.1 Å². The molecule has 1 amide bonds. The number of rotatable bonds is 7. The molecule has 0 saturated carbocycles. The quantitative estimate of drug-likeness (QED) is 0.407. The summed E-state index contributed by atoms with van der Waals surface area (Å²) in [6, 6.07) is 5.71. The molecule has 2 aromatic heterocycles. The Morgan fingerprint density at radius 3 is 2.76 bits per heavy atom. The summed E-state index contributed by atoms with van der Waals surface area (Å²) in [6.07, 6.45) is 0. The number of aryl methyl sites for hydroxylation is 1. The molecule has 11 heteroatoms. The van der Waals surface area contributed by atoms with Crippen molar-refractivity contribution >= 4 is 40.2 Å². The monoisotopic (exact) mass is 420 g/mol. The number of anilines is 2. The summed E-state index contributed by atoms with van der Waals surface area (Å²) in [7, 11) is 1.60. The van der Waals surface area contributed by atoms with E-state index in [1.807, 2.05) is 29.7 Å². The molecule has 0 aliphatic heterocycles. The number of nitrogens with one attached hydrogen (secondary N) is 1. The van der Waals surface area contributed by atoms with E-state index in [-0.39, 0.29) is 35.6 Å². The molecule has 0 aliphatic rings. The molecule has 6 N–H and O–H groups in total. The molecule has 0 fully saturated rings. The number of imidazole rings is 1. The number of halogens is 1. The third-order valence-corrected chi connectivity index (χ3v) is 4.83. The number of benzene rings is 1. The number of amides is 1. The fraction of sp³-hybridized carbons (Fsp3) is 0.333. The van der Waals surface area contributed by atoms with E-state index in [0.29, 0.717) is 18.8 Å². The van der Waals surface area contributed by atoms with E-state index in [0.717, 1.165) is 16.9 Å². The number of nitrogen functional groups attached to an aromatic ring is 2. The SMILES string of the molecule is CC[n+]1c(CNC(=O)c2nc(Cl)c(N)nc2N)n(CCO)c2cc(OC)ccc21. The second-order valence-corrected chi connectivity index (χ2v) is 6.56. The number of ether oxygens (including phenoxy) is 1. The summed E-state index contributed by atoms with van der Waals surface area (Å²) in [4.78, 5) is 20.4. The van der Waals surface area contributed by atoms with Gasteiger partial charge in [-0.15, -0.1) is 0 Å². The fourth-order valence-corrected chi connectivity index (χ4v) is 3.37. The predicted molar refractivity (Wildman–Crippen MR) is 108 cm³/mol. The van der Waals surface area contributed by atoms with Gasteiger partial charge in [0.2, 0.25) is 0 Å². The second-order valence-electron chi connectivity index (χ2n) is 6.21. The molecular weight excluding hydrogens is 398 g/mol. The Hall–Kier alpha value is -3.11. The first kappa shape index (κ1) is 20.6. The number of methoxy groups -OCH3 is 1. The van der Waals surface area contributed by atoms with Gasteiger partial charge >= 0.3 is 0 Å². The largest absolute Gasteiger partial charge is 0.497 e. The Morgan fingerprint density at radius 1 is 1.34 bits per heavy atom. The standard InChI is InChI=1S/C18H22ClN7O3/c1-3-25-11-5-4-10(29-2)8-12(11)26(6-7-27)13(25)9-22-18(28)14-16(20)24-17(21)15(19)23-14/h4-5,8,27H,3,6-7,9H2,1-2H3,(H4-,20,21,22,24,28)/p+1. The molecule has 0 bridgehead atoms. The Kier molecular flexibility index (Phi) is 6.04. The zero-order valence-corrected chi connectivity index (χ0v) is 16.9. The number of carbonyl (C=O) groups excluding carboxylic acids is 1. The molecule has 3 rings (SSSR count). The zero-order chi connectivity index (χ0) is 21.1. The number of nitrogens with zero attached hydrogens (tertiary/aromatic N) is 4. The summed E-state index contributed by atoms with van der Waals surface area (Å²) in [6.45, 7) is 3.14. The fourth-order valence-electron chi connectivity index (χ4n) is 3.24. The van der Waals surface area contributed by atoms with Crippen molar-refractivity contribution in [2.45, 2.75) is 26.6 Å². The highest BCUT2D eigenvalue weighted by atomic mass is 35.5. The van der Waals surface area contributed by atoms with Crippen molar-refractivity contribution in [2.75, 3.05) is 25.2 Å². The highest BCUT2D eigenvalue weighted by Gasteiger charge is 2.26. The lowest BCUT2D eigenvalue weighted by Crippen LogP contribution is -2.40. The van der Waals surface area contributed by atoms with Crippen molar-refractivity contribution in [2.24, 2.45) is 0 Å². The number of aromatic nitrogens is 4. The molecule has 0 saturated heterocycles. The van der Waals surface area contributed by atoms with Crippen LogP contribution in [0, 0.1) is 0 Å². The van der Waals surface area contributed by atoms with Gasteiger partial charge in [0.25, 0.3) is 11.7 Å². The minimum atomic E-state index is -0.530. The van der Waals surface area contributed by atoms with Crippen LogP contribution in [0.4, 0.5) is 11.6 Å². The van der Waals surface area contributed by atoms with E-state index in [1.54, 1.807) is 7.11 Å². The number of aliphatic hydroxyl groups is 1. The third kappa shape index (κ3) is 3.89. The van der Waals surface area contributed by atoms with E-state index < -0.39 is 5.91 Å². The van der Waals surface area contributed by atoms with Gasteiger partial charge in [-0.3, -0.25) is 4.79 Å². The van der Waals surface area contributed by atoms with Crippen molar-refractivity contribution in [3.63, 3.8) is 0 Å². The highest BCUT2D eigenvalue weighted by Crippen LogP contribution is 2.22. The summed E-state index contributed by atoms with van der Waals surface area (Å²) in [5.41, 5.74) is 13.1. The van der Waals surface area contributed by atoms with Crippen molar-refractivity contribution in [3.05, 3.63) is 34.9 Å². The number of fused-ring (bicyclic) bond motifs is 1. The second kappa shape index (κ2) is 8.50. The maximum atomic E-state index is 12.6. The Morgan fingerprint density at radius 2 is 2.10 bits per heavy atom. The molecule has 29 heavy (non-hydrogen) atoms. The molecule has 0 radical (unpaired) electrons. The van der Waals surface area contributed by atoms with Gasteiger partial charge in [0.15, 0.2) is 33.5 Å². The highest BCUT2D eigenvalue weighted by molar-refractivity contribution is 6.31. The van der Waals surface area contributed by atoms with E-state index in [9.17, 15) is 9.90 Å². The first-order valence-electron chi connectivity index (χ1n) is 8.97. The molecule has 0 unspecified atom stereocenters. The summed E-state index contributed by atoms with van der Waals surface area (Å²) >= 11 is 5.86. The number of nitrogens with two attached hydrogens (primary N) is 2. The van der Waals surface area contributed by atoms with Crippen molar-refractivity contribution in [3.8, 4) is 5.75 Å². The van der Waals surface area contributed by atoms with Gasteiger partial charge in [0, 0.05) is 6.07 Å². The lowest BCUT2D eigenvalue weighted by molar-refractivity contribution is -0.676. The van der Waals surface area contributed by atoms with Crippen LogP contribution in [0.1, 0.15) is 23.2 Å². The van der Waals surface area contributed by atoms with Crippen LogP contribution in [0.15, 0.2) is 18.2 Å². The average molecular weight is 421 g/mol. The van der Waals surface area contributed by atoms with Crippen molar-refractivity contribution in [1.29, 1.82) is 0 Å². The minimum absolute atomic E-state index is 0.0402. The van der Waals surface area contributed by atoms with E-state index in [2.05, 4.69) is 19.9 Å². The number of hydrogen-bond acceptors (Lipinski definition) is 7. The minimum Gasteiger partial charge on any atom is -0.497 e. The topological polar surface area (TPSA) is 145 Å². The number of carbonyl (C=O) groups is 1. The van der Waals surface area contributed by atoms with Crippen LogP contribution in [0.25, 0.3) is 11.0 Å². The van der Waals surface area contributed by atoms with Crippen molar-refractivity contribution < 1.29 is 19.2 Å². The molecule has 2 heterocycles. The van der Waals surface area contributed by atoms with Crippen LogP contribution in [0.3, 0.4) is 0 Å². The predicted octanol–water partition coefficient (Wildman–Crippen LogP) is 0.487. The maximum absolute atomic E-state index is 12.6. The van der Waals surface area contributed by atoms with E-state index in [4.69, 9.17) is 27.8 Å². The van der Waals surface area contributed by atoms with Gasteiger partial charge in [-0.1, -0.05) is 11.6 Å². The molecular formula is C18H23ClN7O3+. The molecule has 0 aliphatic carbocycles. The lowest BCUT2D eigenvalue weighted by Gasteiger charge is -2.08. The normalized spacial score (nSPS) is 11.0. The van der Waals surface area contributed by atoms with E-state index >= 15 is 0 Å². The third-order valence-electron chi connectivity index (χ3n) is 4.55. The summed E-state index contributed by atoms with van der Waals surface area (Å²) < 4.78 is 9.31. The van der Waals surface area contributed by atoms with Crippen molar-refractivity contribution in [1.82, 2.24) is 19.9 Å². The van der Waals surface area contributed by atoms with Crippen LogP contribution in [-0.4, -0.2) is 39.3 Å². The van der Waals surface area contributed by atoms with Gasteiger partial charge in [0.05, 0.1) is 20.3 Å². The first-order valence-corrected chi connectivity index (χ1v) is 9.35. The Balaban J connectivity index is 1.98. The van der Waals surface area contributed by atoms with Crippen LogP contribution in [0.2, 0.25) is 5.15 Å². The van der Waals surface area contributed by atoms with Gasteiger partial charge in [-0.25, -0.2) is 19.1 Å². The zero-order valence-electron chi connectivity index (χ0n) is 16.1. The molecule has 10 nitrogen and oxygen atoms in total. The molecule has 154 valence electrons. The van der Waals surface area contributed by atoms with Gasteiger partial charge < -0.3 is 26.6 Å². The lowest BCUT2D eigenvalue weighted by atomic mass is 10.3. The van der Waals surface area contributed by atoms with Gasteiger partial charge in [-0.2, -0.15) is 0 Å². The number of aliphatic hydroxyl groups excluding tert-OH is 1. The maximum Gasteiger partial charge on any atom is 0.277 e. The summed E-state index contributed by atoms with van der Waals surface area (Å²) in [5.74, 6) is 0.826. The van der Waals surface area contributed by atoms with Crippen LogP contribution >= 0.6 is 11.6 Å².